The highest BCUT2D eigenvalue weighted by molar-refractivity contribution is 5.79. The van der Waals surface area contributed by atoms with E-state index in [0.717, 1.165) is 48.6 Å². The van der Waals surface area contributed by atoms with Crippen LogP contribution in [-0.4, -0.2) is 46.2 Å². The number of likely N-dealkylation sites (tertiary alicyclic amines) is 1. The van der Waals surface area contributed by atoms with Crippen LogP contribution >= 0.6 is 0 Å². The van der Waals surface area contributed by atoms with Crippen molar-refractivity contribution in [2.24, 2.45) is 5.92 Å². The summed E-state index contributed by atoms with van der Waals surface area (Å²) in [7, 11) is 0. The Hall–Kier alpha value is -2.25. The first kappa shape index (κ1) is 17.2. The lowest BCUT2D eigenvalue weighted by atomic mass is 9.99. The van der Waals surface area contributed by atoms with Crippen LogP contribution in [0.1, 0.15) is 29.0 Å². The van der Waals surface area contributed by atoms with Gasteiger partial charge in [0, 0.05) is 44.1 Å². The lowest BCUT2D eigenvalue weighted by molar-refractivity contribution is -0.128. The zero-order valence-electron chi connectivity index (χ0n) is 15.1. The number of rotatable bonds is 5. The van der Waals surface area contributed by atoms with Crippen LogP contribution in [0.3, 0.4) is 0 Å². The van der Waals surface area contributed by atoms with Crippen molar-refractivity contribution in [3.05, 3.63) is 47.1 Å². The van der Waals surface area contributed by atoms with Crippen molar-refractivity contribution in [3.8, 4) is 0 Å². The lowest BCUT2D eigenvalue weighted by Crippen LogP contribution is -2.45. The highest BCUT2D eigenvalue weighted by atomic mass is 16.5. The summed E-state index contributed by atoms with van der Waals surface area (Å²) >= 11 is 0. The molecule has 26 heavy (non-hydrogen) atoms. The standard InChI is InChI=1S/C19H24N4O3/c1-12-17(13(2)26-22-12)10-23-9-15-6-16(18(11-23)25-15)19(24)21-8-14-4-3-5-20-7-14/h3-5,7,15-16,18H,6,8-11H2,1-2H3,(H,21,24)/t15-,16-,18-/m1/s1. The molecule has 1 amide bonds. The van der Waals surface area contributed by atoms with Gasteiger partial charge in [-0.15, -0.1) is 0 Å². The van der Waals surface area contributed by atoms with Gasteiger partial charge in [0.15, 0.2) is 0 Å². The van der Waals surface area contributed by atoms with Gasteiger partial charge in [-0.1, -0.05) is 11.2 Å². The van der Waals surface area contributed by atoms with Crippen molar-refractivity contribution >= 4 is 5.91 Å². The fourth-order valence-electron chi connectivity index (χ4n) is 3.92. The Labute approximate surface area is 152 Å². The number of hydrogen-bond donors (Lipinski definition) is 1. The van der Waals surface area contributed by atoms with Crippen molar-refractivity contribution in [1.29, 1.82) is 0 Å². The van der Waals surface area contributed by atoms with Gasteiger partial charge < -0.3 is 14.6 Å². The lowest BCUT2D eigenvalue weighted by Gasteiger charge is -2.32. The molecule has 2 aromatic heterocycles. The summed E-state index contributed by atoms with van der Waals surface area (Å²) in [6.45, 7) is 6.80. The summed E-state index contributed by atoms with van der Waals surface area (Å²) in [6.07, 6.45) is 4.34. The quantitative estimate of drug-likeness (QED) is 0.876. The molecule has 4 heterocycles. The first-order valence-corrected chi connectivity index (χ1v) is 9.06. The second-order valence-electron chi connectivity index (χ2n) is 7.21. The summed E-state index contributed by atoms with van der Waals surface area (Å²) in [5, 5.41) is 7.06. The number of carbonyl (C=O) groups is 1. The van der Waals surface area contributed by atoms with Crippen LogP contribution in [-0.2, 0) is 22.6 Å². The summed E-state index contributed by atoms with van der Waals surface area (Å²) < 4.78 is 11.3. The molecule has 2 saturated heterocycles. The van der Waals surface area contributed by atoms with Crippen LogP contribution in [0, 0.1) is 19.8 Å². The number of morpholine rings is 1. The number of nitrogens with zero attached hydrogens (tertiary/aromatic N) is 3. The molecular formula is C19H24N4O3. The number of hydrogen-bond acceptors (Lipinski definition) is 6. The largest absolute Gasteiger partial charge is 0.371 e. The fourth-order valence-corrected chi connectivity index (χ4v) is 3.92. The molecule has 0 spiro atoms. The number of nitrogens with one attached hydrogen (secondary N) is 1. The van der Waals surface area contributed by atoms with Crippen LogP contribution in [0.25, 0.3) is 0 Å². The number of amides is 1. The van der Waals surface area contributed by atoms with Crippen LogP contribution in [0.5, 0.6) is 0 Å². The summed E-state index contributed by atoms with van der Waals surface area (Å²) in [5.41, 5.74) is 3.08. The first-order valence-electron chi connectivity index (χ1n) is 9.06. The molecule has 2 bridgehead atoms. The Kier molecular flexibility index (Phi) is 4.74. The third kappa shape index (κ3) is 3.50. The van der Waals surface area contributed by atoms with Gasteiger partial charge in [-0.3, -0.25) is 14.7 Å². The molecule has 138 valence electrons. The summed E-state index contributed by atoms with van der Waals surface area (Å²) in [4.78, 5) is 19.1. The highest BCUT2D eigenvalue weighted by Crippen LogP contribution is 2.33. The zero-order chi connectivity index (χ0) is 18.1. The Morgan fingerprint density at radius 1 is 1.38 bits per heavy atom. The third-order valence-corrected chi connectivity index (χ3v) is 5.32. The molecule has 0 aliphatic carbocycles. The second kappa shape index (κ2) is 7.17. The number of carbonyl (C=O) groups excluding carboxylic acids is 1. The Balaban J connectivity index is 1.35. The number of pyridine rings is 1. The van der Waals surface area contributed by atoms with Gasteiger partial charge in [0.05, 0.1) is 23.8 Å². The maximum Gasteiger partial charge on any atom is 0.226 e. The maximum absolute atomic E-state index is 12.6. The van der Waals surface area contributed by atoms with Crippen molar-refractivity contribution in [2.45, 2.75) is 45.6 Å². The maximum atomic E-state index is 12.6. The van der Waals surface area contributed by atoms with Crippen LogP contribution < -0.4 is 5.32 Å². The third-order valence-electron chi connectivity index (χ3n) is 5.32. The first-order chi connectivity index (χ1) is 12.6. The van der Waals surface area contributed by atoms with E-state index >= 15 is 0 Å². The van der Waals surface area contributed by atoms with Crippen LogP contribution in [0.2, 0.25) is 0 Å². The number of aromatic nitrogens is 2. The topological polar surface area (TPSA) is 80.5 Å². The number of ether oxygens (including phenoxy) is 1. The van der Waals surface area contributed by atoms with Gasteiger partial charge in [0.1, 0.15) is 5.76 Å². The van der Waals surface area contributed by atoms with E-state index in [4.69, 9.17) is 9.26 Å². The molecule has 1 N–H and O–H groups in total. The Morgan fingerprint density at radius 3 is 3.00 bits per heavy atom. The molecule has 2 aliphatic rings. The van der Waals surface area contributed by atoms with Crippen LogP contribution in [0.4, 0.5) is 0 Å². The molecule has 0 radical (unpaired) electrons. The normalized spacial score (nSPS) is 25.4. The molecule has 0 saturated carbocycles. The van der Waals surface area contributed by atoms with E-state index in [2.05, 4.69) is 20.4 Å². The predicted molar refractivity (Wildman–Crippen MR) is 94.1 cm³/mol. The van der Waals surface area contributed by atoms with E-state index < -0.39 is 0 Å². The molecule has 4 rings (SSSR count). The van der Waals surface area contributed by atoms with E-state index in [-0.39, 0.29) is 24.0 Å². The predicted octanol–water partition coefficient (Wildman–Crippen LogP) is 1.59. The molecule has 2 fully saturated rings. The van der Waals surface area contributed by atoms with E-state index in [9.17, 15) is 4.79 Å². The van der Waals surface area contributed by atoms with Crippen molar-refractivity contribution in [3.63, 3.8) is 0 Å². The van der Waals surface area contributed by atoms with Crippen molar-refractivity contribution in [1.82, 2.24) is 20.4 Å². The minimum Gasteiger partial charge on any atom is -0.371 e. The van der Waals surface area contributed by atoms with Crippen LogP contribution in [0.15, 0.2) is 29.0 Å². The van der Waals surface area contributed by atoms with Gasteiger partial charge in [0.2, 0.25) is 5.91 Å². The average Bonchev–Trinajstić information content (AvgIpc) is 3.13. The van der Waals surface area contributed by atoms with Gasteiger partial charge in [-0.25, -0.2) is 0 Å². The number of aryl methyl sites for hydroxylation is 2. The van der Waals surface area contributed by atoms with E-state index in [1.165, 1.54) is 0 Å². The molecule has 0 unspecified atom stereocenters. The van der Waals surface area contributed by atoms with Gasteiger partial charge >= 0.3 is 0 Å². The SMILES string of the molecule is Cc1noc(C)c1CN1C[C@H]2C[C@@H](C(=O)NCc3cccnc3)[C@@H](C1)O2. The molecule has 7 nitrogen and oxygen atoms in total. The number of fused-ring (bicyclic) bond motifs is 2. The molecule has 0 aromatic carbocycles. The molecule has 7 heteroatoms. The van der Waals surface area contributed by atoms with E-state index in [1.807, 2.05) is 26.0 Å². The highest BCUT2D eigenvalue weighted by Gasteiger charge is 2.44. The molecule has 3 atom stereocenters. The minimum absolute atomic E-state index is 0.0527. The Morgan fingerprint density at radius 2 is 2.27 bits per heavy atom. The minimum atomic E-state index is -0.0914. The van der Waals surface area contributed by atoms with E-state index in [0.29, 0.717) is 6.54 Å². The average molecular weight is 356 g/mol. The smallest absolute Gasteiger partial charge is 0.226 e. The van der Waals surface area contributed by atoms with Gasteiger partial charge in [-0.05, 0) is 31.9 Å². The molecule has 2 aromatic rings. The van der Waals surface area contributed by atoms with Gasteiger partial charge in [-0.2, -0.15) is 0 Å². The zero-order valence-corrected chi connectivity index (χ0v) is 15.1. The fraction of sp³-hybridized carbons (Fsp3) is 0.526. The van der Waals surface area contributed by atoms with E-state index in [1.54, 1.807) is 12.4 Å². The summed E-state index contributed by atoms with van der Waals surface area (Å²) in [6, 6.07) is 3.84. The second-order valence-corrected chi connectivity index (χ2v) is 7.21. The van der Waals surface area contributed by atoms with Crippen molar-refractivity contribution in [2.75, 3.05) is 13.1 Å². The molecular weight excluding hydrogens is 332 g/mol. The van der Waals surface area contributed by atoms with Crippen molar-refractivity contribution < 1.29 is 14.1 Å². The monoisotopic (exact) mass is 356 g/mol. The summed E-state index contributed by atoms with van der Waals surface area (Å²) in [5.74, 6) is 0.846. The molecule has 2 aliphatic heterocycles. The van der Waals surface area contributed by atoms with Gasteiger partial charge in [0.25, 0.3) is 0 Å². The Bertz CT molecular complexity index is 757.